The number of piperidine rings is 1. The molecule has 13 heteroatoms. The van der Waals surface area contributed by atoms with Crippen LogP contribution in [0.3, 0.4) is 0 Å². The SMILES string of the molecule is CC(C)C[C@@H](NC(=O)[C@@H](Cc1ccccc1)NC(=O)[C@H]1Cc2ccccc2CN1)C(=O)N[C@H](CCCCN)C(=O)N1CCC(B(O)O)CC1. The van der Waals surface area contributed by atoms with Crippen LogP contribution in [-0.4, -0.2) is 89.5 Å². The Kier molecular flexibility index (Phi) is 14.6. The van der Waals surface area contributed by atoms with Gasteiger partial charge in [0.2, 0.25) is 23.6 Å². The van der Waals surface area contributed by atoms with Crippen molar-refractivity contribution in [2.75, 3.05) is 19.6 Å². The van der Waals surface area contributed by atoms with Gasteiger partial charge in [0.25, 0.3) is 0 Å². The summed E-state index contributed by atoms with van der Waals surface area (Å²) in [4.78, 5) is 56.7. The summed E-state index contributed by atoms with van der Waals surface area (Å²) < 4.78 is 0. The Bertz CT molecular complexity index is 1390. The first-order valence-corrected chi connectivity index (χ1v) is 17.7. The van der Waals surface area contributed by atoms with Crippen LogP contribution in [0.1, 0.15) is 69.1 Å². The van der Waals surface area contributed by atoms with Gasteiger partial charge in [-0.15, -0.1) is 0 Å². The van der Waals surface area contributed by atoms with E-state index in [9.17, 15) is 29.2 Å². The van der Waals surface area contributed by atoms with Crippen LogP contribution < -0.4 is 27.0 Å². The number of rotatable bonds is 16. The molecule has 8 N–H and O–H groups in total. The molecule has 4 amide bonds. The average molecular weight is 677 g/mol. The molecule has 1 saturated heterocycles. The van der Waals surface area contributed by atoms with E-state index in [0.29, 0.717) is 71.1 Å². The standard InChI is InChI=1S/C36H53BN6O6/c1-24(2)20-31(34(45)40-29(14-8-9-17-38)36(47)43-18-15-28(16-19-43)37(48)49)41-35(46)32(21-25-10-4-3-5-11-25)42-33(44)30-22-26-12-6-7-13-27(26)23-39-30/h3-7,10-13,24,28-32,39,48-49H,8-9,14-23,38H2,1-2H3,(H,40,45)(H,41,46)(H,42,44)/t29-,30-,31-,32-/m1/s1. The van der Waals surface area contributed by atoms with Crippen LogP contribution in [0.5, 0.6) is 0 Å². The van der Waals surface area contributed by atoms with Gasteiger partial charge >= 0.3 is 7.12 Å². The molecule has 49 heavy (non-hydrogen) atoms. The topological polar surface area (TPSA) is 186 Å². The number of hydrogen-bond donors (Lipinski definition) is 7. The lowest BCUT2D eigenvalue weighted by molar-refractivity contribution is -0.138. The van der Waals surface area contributed by atoms with Gasteiger partial charge in [0.05, 0.1) is 6.04 Å². The third-order valence-corrected chi connectivity index (χ3v) is 9.49. The summed E-state index contributed by atoms with van der Waals surface area (Å²) in [5.74, 6) is -1.73. The number of carbonyl (C=O) groups excluding carboxylic acids is 4. The van der Waals surface area contributed by atoms with Gasteiger partial charge in [-0.3, -0.25) is 19.2 Å². The summed E-state index contributed by atoms with van der Waals surface area (Å²) >= 11 is 0. The lowest BCUT2D eigenvalue weighted by Crippen LogP contribution is -2.59. The van der Waals surface area contributed by atoms with E-state index in [0.717, 1.165) is 16.7 Å². The van der Waals surface area contributed by atoms with Crippen LogP contribution >= 0.6 is 0 Å². The molecule has 12 nitrogen and oxygen atoms in total. The molecular formula is C36H53BN6O6. The molecule has 0 aliphatic carbocycles. The van der Waals surface area contributed by atoms with Crippen molar-refractivity contribution in [3.8, 4) is 0 Å². The first kappa shape index (κ1) is 38.0. The van der Waals surface area contributed by atoms with Crippen molar-refractivity contribution in [2.45, 2.75) is 102 Å². The monoisotopic (exact) mass is 676 g/mol. The molecule has 2 aromatic rings. The Morgan fingerprint density at radius 3 is 2.16 bits per heavy atom. The third kappa shape index (κ3) is 11.4. The first-order chi connectivity index (χ1) is 23.5. The molecule has 2 aromatic carbocycles. The molecule has 0 unspecified atom stereocenters. The Morgan fingerprint density at radius 1 is 0.878 bits per heavy atom. The van der Waals surface area contributed by atoms with E-state index in [1.807, 2.05) is 68.4 Å². The van der Waals surface area contributed by atoms with Gasteiger partial charge in [0.15, 0.2) is 0 Å². The van der Waals surface area contributed by atoms with E-state index in [4.69, 9.17) is 5.73 Å². The molecule has 0 spiro atoms. The van der Waals surface area contributed by atoms with Crippen LogP contribution in [0.4, 0.5) is 0 Å². The number of likely N-dealkylation sites (tertiary alicyclic amines) is 1. The van der Waals surface area contributed by atoms with E-state index >= 15 is 0 Å². The maximum atomic E-state index is 14.0. The first-order valence-electron chi connectivity index (χ1n) is 17.7. The number of unbranched alkanes of at least 4 members (excludes halogenated alkanes) is 1. The predicted molar refractivity (Wildman–Crippen MR) is 189 cm³/mol. The second-order valence-electron chi connectivity index (χ2n) is 13.8. The Morgan fingerprint density at radius 2 is 1.51 bits per heavy atom. The van der Waals surface area contributed by atoms with Crippen molar-refractivity contribution in [3.05, 3.63) is 71.3 Å². The number of amides is 4. The molecular weight excluding hydrogens is 623 g/mol. The minimum atomic E-state index is -1.43. The number of nitrogens with two attached hydrogens (primary N) is 1. The lowest BCUT2D eigenvalue weighted by atomic mass is 9.67. The zero-order chi connectivity index (χ0) is 35.3. The average Bonchev–Trinajstić information content (AvgIpc) is 3.10. The molecule has 4 atom stereocenters. The minimum absolute atomic E-state index is 0.0417. The summed E-state index contributed by atoms with van der Waals surface area (Å²) in [6.45, 7) is 5.63. The maximum Gasteiger partial charge on any atom is 0.454 e. The smallest absolute Gasteiger partial charge is 0.427 e. The van der Waals surface area contributed by atoms with Crippen LogP contribution in [0, 0.1) is 5.92 Å². The molecule has 4 rings (SSSR count). The maximum absolute atomic E-state index is 14.0. The molecule has 1 fully saturated rings. The fourth-order valence-corrected chi connectivity index (χ4v) is 6.61. The highest BCUT2D eigenvalue weighted by molar-refractivity contribution is 6.43. The highest BCUT2D eigenvalue weighted by atomic mass is 16.4. The quantitative estimate of drug-likeness (QED) is 0.102. The molecule has 0 bridgehead atoms. The van der Waals surface area contributed by atoms with Gasteiger partial charge in [0, 0.05) is 26.1 Å². The number of carbonyl (C=O) groups is 4. The van der Waals surface area contributed by atoms with Crippen molar-refractivity contribution >= 4 is 30.7 Å². The van der Waals surface area contributed by atoms with Crippen molar-refractivity contribution in [3.63, 3.8) is 0 Å². The predicted octanol–water partition coefficient (Wildman–Crippen LogP) is 1.04. The van der Waals surface area contributed by atoms with E-state index < -0.39 is 43.1 Å². The van der Waals surface area contributed by atoms with Crippen molar-refractivity contribution in [1.29, 1.82) is 0 Å². The molecule has 0 aromatic heterocycles. The summed E-state index contributed by atoms with van der Waals surface area (Å²) in [5, 5.41) is 31.2. The molecule has 2 aliphatic rings. The Hall–Kier alpha value is -3.78. The molecule has 2 aliphatic heterocycles. The van der Waals surface area contributed by atoms with Gasteiger partial charge in [-0.25, -0.2) is 0 Å². The number of hydrogen-bond acceptors (Lipinski definition) is 8. The molecule has 0 radical (unpaired) electrons. The van der Waals surface area contributed by atoms with Gasteiger partial charge < -0.3 is 41.9 Å². The second-order valence-corrected chi connectivity index (χ2v) is 13.8. The molecule has 0 saturated carbocycles. The normalized spacial score (nSPS) is 18.2. The second kappa shape index (κ2) is 18.8. The molecule has 2 heterocycles. The van der Waals surface area contributed by atoms with Crippen LogP contribution in [0.15, 0.2) is 54.6 Å². The fraction of sp³-hybridized carbons (Fsp3) is 0.556. The zero-order valence-corrected chi connectivity index (χ0v) is 28.8. The van der Waals surface area contributed by atoms with Gasteiger partial charge in [0.1, 0.15) is 18.1 Å². The lowest BCUT2D eigenvalue weighted by Gasteiger charge is -2.34. The fourth-order valence-electron chi connectivity index (χ4n) is 6.61. The minimum Gasteiger partial charge on any atom is -0.427 e. The Balaban J connectivity index is 1.47. The van der Waals surface area contributed by atoms with Crippen molar-refractivity contribution < 1.29 is 29.2 Å². The summed E-state index contributed by atoms with van der Waals surface area (Å²) in [5.41, 5.74) is 8.80. The number of nitrogens with one attached hydrogen (secondary N) is 4. The van der Waals surface area contributed by atoms with Crippen LogP contribution in [0.2, 0.25) is 5.82 Å². The zero-order valence-electron chi connectivity index (χ0n) is 28.8. The van der Waals surface area contributed by atoms with Crippen LogP contribution in [-0.2, 0) is 38.6 Å². The van der Waals surface area contributed by atoms with Gasteiger partial charge in [-0.2, -0.15) is 0 Å². The van der Waals surface area contributed by atoms with Gasteiger partial charge in [-0.05, 0) is 79.9 Å². The van der Waals surface area contributed by atoms with E-state index in [1.54, 1.807) is 4.90 Å². The Labute approximate surface area is 290 Å². The highest BCUT2D eigenvalue weighted by Crippen LogP contribution is 2.25. The molecule has 266 valence electrons. The van der Waals surface area contributed by atoms with Gasteiger partial charge in [-0.1, -0.05) is 68.4 Å². The largest absolute Gasteiger partial charge is 0.454 e. The third-order valence-electron chi connectivity index (χ3n) is 9.49. The van der Waals surface area contributed by atoms with Crippen molar-refractivity contribution in [1.82, 2.24) is 26.2 Å². The number of nitrogens with zero attached hydrogens (tertiary/aromatic N) is 1. The van der Waals surface area contributed by atoms with E-state index in [2.05, 4.69) is 21.3 Å². The van der Waals surface area contributed by atoms with Crippen LogP contribution in [0.25, 0.3) is 0 Å². The van der Waals surface area contributed by atoms with Crippen molar-refractivity contribution in [2.24, 2.45) is 11.7 Å². The van der Waals surface area contributed by atoms with E-state index in [-0.39, 0.29) is 30.0 Å². The van der Waals surface area contributed by atoms with E-state index in [1.165, 1.54) is 0 Å². The summed E-state index contributed by atoms with van der Waals surface area (Å²) in [6.07, 6.45) is 3.67. The number of benzene rings is 2. The summed E-state index contributed by atoms with van der Waals surface area (Å²) in [6, 6.07) is 14.1. The summed E-state index contributed by atoms with van der Waals surface area (Å²) in [7, 11) is -1.43. The number of fused-ring (bicyclic) bond motifs is 1. The highest BCUT2D eigenvalue weighted by Gasteiger charge is 2.35.